The van der Waals surface area contributed by atoms with Crippen LogP contribution in [0.3, 0.4) is 0 Å². The summed E-state index contributed by atoms with van der Waals surface area (Å²) in [5.41, 5.74) is -0.974. The number of benzene rings is 1. The molecule has 2 heterocycles. The maximum Gasteiger partial charge on any atom is 0.325 e. The maximum atomic E-state index is 13.0. The lowest BCUT2D eigenvalue weighted by atomic mass is 9.98. The van der Waals surface area contributed by atoms with Gasteiger partial charge < -0.3 is 15.0 Å². The molecule has 10 nitrogen and oxygen atoms in total. The van der Waals surface area contributed by atoms with Gasteiger partial charge in [-0.05, 0) is 25.8 Å². The third kappa shape index (κ3) is 4.46. The molecule has 1 saturated heterocycles. The summed E-state index contributed by atoms with van der Waals surface area (Å²) in [6.07, 6.45) is 1.01. The van der Waals surface area contributed by atoms with Crippen LogP contribution in [0.5, 0.6) is 5.75 Å². The van der Waals surface area contributed by atoms with Crippen molar-refractivity contribution < 1.29 is 17.9 Å². The Balaban J connectivity index is 1.74. The number of methoxy groups -OCH3 is 1. The Bertz CT molecular complexity index is 1150. The van der Waals surface area contributed by atoms with E-state index < -0.39 is 32.1 Å². The number of aromatic amines is 2. The first-order valence-corrected chi connectivity index (χ1v) is 10.9. The largest absolute Gasteiger partial charge is 0.496 e. The van der Waals surface area contributed by atoms with Crippen LogP contribution in [-0.4, -0.2) is 48.8 Å². The van der Waals surface area contributed by atoms with Gasteiger partial charge in [-0.2, -0.15) is 4.31 Å². The van der Waals surface area contributed by atoms with Crippen molar-refractivity contribution in [1.29, 1.82) is 0 Å². The van der Waals surface area contributed by atoms with Gasteiger partial charge in [0.2, 0.25) is 15.9 Å². The molecule has 0 radical (unpaired) electrons. The van der Waals surface area contributed by atoms with Gasteiger partial charge in [-0.3, -0.25) is 14.6 Å². The van der Waals surface area contributed by atoms with Gasteiger partial charge in [0.05, 0.1) is 13.0 Å². The summed E-state index contributed by atoms with van der Waals surface area (Å²) in [6, 6.07) is 7.29. The molecule has 1 aliphatic heterocycles. The number of aryl methyl sites for hydroxylation is 1. The lowest BCUT2D eigenvalue weighted by Crippen LogP contribution is -2.47. The Morgan fingerprint density at radius 2 is 2.00 bits per heavy atom. The molecule has 162 valence electrons. The standard InChI is InChI=1S/C19H24N4O6S/c1-12-16(18(25)22-19(26)21-12)30(27,28)23-9-5-7-14(11-23)17(24)20-10-13-6-3-4-8-15(13)29-2/h3-4,6,8,14H,5,7,9-11H2,1-2H3,(H,20,24)(H2,21,22,25,26)/t14-/m0/s1. The maximum absolute atomic E-state index is 13.0. The van der Waals surface area contributed by atoms with Crippen LogP contribution in [0.1, 0.15) is 24.1 Å². The fourth-order valence-electron chi connectivity index (χ4n) is 3.58. The highest BCUT2D eigenvalue weighted by molar-refractivity contribution is 7.89. The number of nitrogens with zero attached hydrogens (tertiary/aromatic N) is 1. The van der Waals surface area contributed by atoms with Crippen molar-refractivity contribution in [2.45, 2.75) is 31.2 Å². The third-order valence-corrected chi connectivity index (χ3v) is 7.09. The monoisotopic (exact) mass is 436 g/mol. The van der Waals surface area contributed by atoms with Crippen LogP contribution in [0.4, 0.5) is 0 Å². The molecule has 0 bridgehead atoms. The number of carbonyl (C=O) groups is 1. The zero-order valence-electron chi connectivity index (χ0n) is 16.7. The molecule has 30 heavy (non-hydrogen) atoms. The van der Waals surface area contributed by atoms with Crippen molar-refractivity contribution in [2.24, 2.45) is 5.92 Å². The Kier molecular flexibility index (Phi) is 6.42. The average Bonchev–Trinajstić information content (AvgIpc) is 2.71. The highest BCUT2D eigenvalue weighted by Gasteiger charge is 2.35. The normalized spacial score (nSPS) is 17.5. The van der Waals surface area contributed by atoms with Crippen molar-refractivity contribution >= 4 is 15.9 Å². The quantitative estimate of drug-likeness (QED) is 0.586. The number of amides is 1. The topological polar surface area (TPSA) is 141 Å². The van der Waals surface area contributed by atoms with Gasteiger partial charge in [0.15, 0.2) is 4.90 Å². The van der Waals surface area contributed by atoms with E-state index in [0.717, 1.165) is 9.87 Å². The number of hydrogen-bond donors (Lipinski definition) is 3. The van der Waals surface area contributed by atoms with E-state index in [4.69, 9.17) is 4.74 Å². The van der Waals surface area contributed by atoms with Crippen LogP contribution in [0.15, 0.2) is 38.8 Å². The zero-order chi connectivity index (χ0) is 21.9. The van der Waals surface area contributed by atoms with Gasteiger partial charge in [0.1, 0.15) is 5.75 Å². The summed E-state index contributed by atoms with van der Waals surface area (Å²) >= 11 is 0. The van der Waals surface area contributed by atoms with Crippen LogP contribution >= 0.6 is 0 Å². The molecular formula is C19H24N4O6S. The van der Waals surface area contributed by atoms with Crippen molar-refractivity contribution in [2.75, 3.05) is 20.2 Å². The smallest absolute Gasteiger partial charge is 0.325 e. The fraction of sp³-hybridized carbons (Fsp3) is 0.421. The van der Waals surface area contributed by atoms with Gasteiger partial charge in [-0.15, -0.1) is 0 Å². The van der Waals surface area contributed by atoms with Crippen LogP contribution in [0, 0.1) is 12.8 Å². The van der Waals surface area contributed by atoms with E-state index in [-0.39, 0.29) is 31.2 Å². The van der Waals surface area contributed by atoms with Crippen LogP contribution in [-0.2, 0) is 21.4 Å². The minimum Gasteiger partial charge on any atom is -0.496 e. The number of ether oxygens (including phenoxy) is 1. The molecule has 2 aromatic rings. The van der Waals surface area contributed by atoms with Crippen LogP contribution in [0.2, 0.25) is 0 Å². The molecule has 1 aromatic carbocycles. The summed E-state index contributed by atoms with van der Waals surface area (Å²) in [5, 5.41) is 2.83. The van der Waals surface area contributed by atoms with E-state index in [9.17, 15) is 22.8 Å². The summed E-state index contributed by atoms with van der Waals surface area (Å²) in [4.78, 5) is 39.9. The number of piperidine rings is 1. The molecule has 11 heteroatoms. The second-order valence-corrected chi connectivity index (χ2v) is 8.97. The summed E-state index contributed by atoms with van der Waals surface area (Å²) in [6.45, 7) is 1.75. The molecule has 1 atom stereocenters. The van der Waals surface area contributed by atoms with Gasteiger partial charge in [-0.25, -0.2) is 13.2 Å². The molecule has 1 aromatic heterocycles. The molecule has 3 rings (SSSR count). The predicted octanol–water partition coefficient (Wildman–Crippen LogP) is 0.0973. The molecule has 0 aliphatic carbocycles. The first-order valence-electron chi connectivity index (χ1n) is 9.47. The Hall–Kier alpha value is -2.92. The average molecular weight is 436 g/mol. The van der Waals surface area contributed by atoms with Crippen molar-refractivity contribution in [3.05, 3.63) is 56.4 Å². The second-order valence-electron chi connectivity index (χ2n) is 7.09. The van der Waals surface area contributed by atoms with Gasteiger partial charge in [-0.1, -0.05) is 18.2 Å². The number of nitrogens with one attached hydrogen (secondary N) is 3. The third-order valence-electron chi connectivity index (χ3n) is 5.07. The molecule has 0 spiro atoms. The first kappa shape index (κ1) is 21.8. The fourth-order valence-corrected chi connectivity index (χ4v) is 5.31. The molecule has 1 fully saturated rings. The van der Waals surface area contributed by atoms with E-state index in [2.05, 4.69) is 10.3 Å². The van der Waals surface area contributed by atoms with Crippen molar-refractivity contribution in [1.82, 2.24) is 19.6 Å². The molecule has 0 unspecified atom stereocenters. The molecular weight excluding hydrogens is 412 g/mol. The number of carbonyl (C=O) groups excluding carboxylic acids is 1. The second kappa shape index (κ2) is 8.84. The van der Waals surface area contributed by atoms with E-state index in [0.29, 0.717) is 18.6 Å². The van der Waals surface area contributed by atoms with E-state index in [1.54, 1.807) is 13.2 Å². The number of H-pyrrole nitrogens is 2. The van der Waals surface area contributed by atoms with Crippen molar-refractivity contribution in [3.63, 3.8) is 0 Å². The van der Waals surface area contributed by atoms with Crippen LogP contribution < -0.4 is 21.3 Å². The number of sulfonamides is 1. The molecule has 1 amide bonds. The summed E-state index contributed by atoms with van der Waals surface area (Å²) < 4.78 is 32.4. The minimum absolute atomic E-state index is 0.0357. The van der Waals surface area contributed by atoms with Gasteiger partial charge in [0.25, 0.3) is 5.56 Å². The van der Waals surface area contributed by atoms with E-state index in [1.165, 1.54) is 6.92 Å². The number of aromatic nitrogens is 2. The number of hydrogen-bond acceptors (Lipinski definition) is 6. The van der Waals surface area contributed by atoms with Gasteiger partial charge in [0, 0.05) is 30.9 Å². The Morgan fingerprint density at radius 3 is 2.70 bits per heavy atom. The summed E-state index contributed by atoms with van der Waals surface area (Å²) in [5.74, 6) is -0.170. The minimum atomic E-state index is -4.16. The highest BCUT2D eigenvalue weighted by Crippen LogP contribution is 2.24. The van der Waals surface area contributed by atoms with Gasteiger partial charge >= 0.3 is 5.69 Å². The predicted molar refractivity (Wildman–Crippen MR) is 109 cm³/mol. The number of rotatable bonds is 6. The molecule has 3 N–H and O–H groups in total. The SMILES string of the molecule is COc1ccccc1CNC(=O)[C@H]1CCCN(S(=O)(=O)c2c(C)[nH]c(=O)[nH]c2=O)C1. The van der Waals surface area contributed by atoms with Crippen LogP contribution in [0.25, 0.3) is 0 Å². The van der Waals surface area contributed by atoms with Crippen molar-refractivity contribution in [3.8, 4) is 5.75 Å². The summed E-state index contributed by atoms with van der Waals surface area (Å²) in [7, 11) is -2.62. The first-order chi connectivity index (χ1) is 14.2. The number of para-hydroxylation sites is 1. The van der Waals surface area contributed by atoms with E-state index >= 15 is 0 Å². The Morgan fingerprint density at radius 1 is 1.27 bits per heavy atom. The molecule has 1 aliphatic rings. The highest BCUT2D eigenvalue weighted by atomic mass is 32.2. The molecule has 0 saturated carbocycles. The lowest BCUT2D eigenvalue weighted by Gasteiger charge is -2.31. The Labute approximate surface area is 173 Å². The zero-order valence-corrected chi connectivity index (χ0v) is 17.5. The van der Waals surface area contributed by atoms with E-state index in [1.807, 2.05) is 23.2 Å². The lowest BCUT2D eigenvalue weighted by molar-refractivity contribution is -0.126.